The number of fused-ring (bicyclic) bond motifs is 6. The Hall–Kier alpha value is -2.30. The van der Waals surface area contributed by atoms with Gasteiger partial charge in [0.05, 0.1) is 17.8 Å². The maximum atomic E-state index is 13.5. The van der Waals surface area contributed by atoms with Crippen LogP contribution in [0.25, 0.3) is 5.69 Å². The van der Waals surface area contributed by atoms with Gasteiger partial charge in [-0.15, -0.1) is 0 Å². The summed E-state index contributed by atoms with van der Waals surface area (Å²) < 4.78 is 4.83. The van der Waals surface area contributed by atoms with E-state index in [0.29, 0.717) is 24.1 Å². The van der Waals surface area contributed by atoms with Gasteiger partial charge in [-0.2, -0.15) is 0 Å². The van der Waals surface area contributed by atoms with Crippen LogP contribution < -0.4 is 11.4 Å². The van der Waals surface area contributed by atoms with Gasteiger partial charge in [-0.05, 0) is 47.8 Å². The largest absolute Gasteiger partial charge is 0.352 e. The van der Waals surface area contributed by atoms with Gasteiger partial charge < -0.3 is 0 Å². The predicted molar refractivity (Wildman–Crippen MR) is 101 cm³/mol. The highest BCUT2D eigenvalue weighted by molar-refractivity contribution is 5.40. The Morgan fingerprint density at radius 2 is 1.77 bits per heavy atom. The summed E-state index contributed by atoms with van der Waals surface area (Å²) in [4.78, 5) is 26.7. The van der Waals surface area contributed by atoms with Crippen LogP contribution in [0.4, 0.5) is 0 Å². The minimum atomic E-state index is -0.372. The molecule has 3 atom stereocenters. The van der Waals surface area contributed by atoms with E-state index in [0.717, 1.165) is 6.42 Å². The monoisotopic (exact) mass is 351 g/mol. The molecule has 0 bridgehead atoms. The van der Waals surface area contributed by atoms with E-state index in [4.69, 9.17) is 0 Å². The van der Waals surface area contributed by atoms with Crippen molar-refractivity contribution >= 4 is 0 Å². The van der Waals surface area contributed by atoms with Crippen LogP contribution in [0.15, 0.2) is 51.6 Å². The lowest BCUT2D eigenvalue weighted by molar-refractivity contribution is -0.0524. The van der Waals surface area contributed by atoms with Crippen molar-refractivity contribution in [3.05, 3.63) is 62.9 Å². The van der Waals surface area contributed by atoms with Crippen molar-refractivity contribution < 1.29 is 0 Å². The molecule has 5 nitrogen and oxygen atoms in total. The maximum Gasteiger partial charge on any atom is 0.352 e. The number of allylic oxidation sites excluding steroid dienone is 2. The predicted octanol–water partition coefficient (Wildman–Crippen LogP) is 2.91. The second kappa shape index (κ2) is 4.90. The fraction of sp³-hybridized carbons (Fsp3) is 0.524. The molecule has 0 radical (unpaired) electrons. The van der Waals surface area contributed by atoms with Gasteiger partial charge in [0.1, 0.15) is 0 Å². The molecule has 5 rings (SSSR count). The van der Waals surface area contributed by atoms with E-state index < -0.39 is 0 Å². The van der Waals surface area contributed by atoms with Crippen molar-refractivity contribution in [2.75, 3.05) is 0 Å². The number of rotatable bonds is 1. The third-order valence-corrected chi connectivity index (χ3v) is 6.89. The van der Waals surface area contributed by atoms with E-state index in [1.165, 1.54) is 23.0 Å². The van der Waals surface area contributed by atoms with E-state index >= 15 is 0 Å². The van der Waals surface area contributed by atoms with Crippen LogP contribution in [0.2, 0.25) is 0 Å². The van der Waals surface area contributed by atoms with Gasteiger partial charge in [0.2, 0.25) is 0 Å². The average molecular weight is 351 g/mol. The van der Waals surface area contributed by atoms with Crippen molar-refractivity contribution in [2.24, 2.45) is 17.3 Å². The molecule has 26 heavy (non-hydrogen) atoms. The minimum absolute atomic E-state index is 0.133. The third kappa shape index (κ3) is 1.62. The summed E-state index contributed by atoms with van der Waals surface area (Å²) >= 11 is 0. The van der Waals surface area contributed by atoms with Crippen LogP contribution in [0.3, 0.4) is 0 Å². The smallest absolute Gasteiger partial charge is 0.245 e. The first-order chi connectivity index (χ1) is 12.4. The summed E-state index contributed by atoms with van der Waals surface area (Å²) in [5.41, 5.74) is 1.09. The molecule has 2 heterocycles. The maximum absolute atomic E-state index is 13.5. The van der Waals surface area contributed by atoms with Crippen molar-refractivity contribution in [1.29, 1.82) is 0 Å². The van der Waals surface area contributed by atoms with E-state index in [1.807, 2.05) is 35.0 Å². The number of hydrogen-bond acceptors (Lipinski definition) is 2. The topological polar surface area (TPSA) is 48.9 Å². The highest BCUT2D eigenvalue weighted by Gasteiger charge is 2.67. The molecule has 3 aliphatic rings. The van der Waals surface area contributed by atoms with Gasteiger partial charge >= 0.3 is 11.4 Å². The summed E-state index contributed by atoms with van der Waals surface area (Å²) in [5, 5.41) is 0. The minimum Gasteiger partial charge on any atom is -0.245 e. The fourth-order valence-electron chi connectivity index (χ4n) is 6.09. The SMILES string of the molecule is CC(C)(C)[C@]12C(=CCn3c(=O)n(-c4ccccc4)c(=O)n31)[C@H]1CCC[C@H]12. The first-order valence-electron chi connectivity index (χ1n) is 9.60. The summed E-state index contributed by atoms with van der Waals surface area (Å²) in [6, 6.07) is 9.27. The van der Waals surface area contributed by atoms with Gasteiger partial charge in [0, 0.05) is 0 Å². The highest BCUT2D eigenvalue weighted by atomic mass is 16.2. The van der Waals surface area contributed by atoms with Crippen LogP contribution in [0, 0.1) is 17.3 Å². The standard InChI is InChI=1S/C21H25N3O2/c1-20(2,3)21-16-11-7-10-15(16)17(21)12-13-22-18(25)23(19(26)24(21)22)14-8-5-4-6-9-14/h4-6,8-9,12,15-16H,7,10-11,13H2,1-3H3/t15-,16+,21-/m0/s1. The van der Waals surface area contributed by atoms with Gasteiger partial charge in [-0.25, -0.2) is 23.5 Å². The summed E-state index contributed by atoms with van der Waals surface area (Å²) in [6.07, 6.45) is 5.79. The molecule has 0 N–H and O–H groups in total. The fourth-order valence-corrected chi connectivity index (χ4v) is 6.09. The molecule has 2 saturated carbocycles. The summed E-state index contributed by atoms with van der Waals surface area (Å²) in [7, 11) is 0. The molecule has 0 unspecified atom stereocenters. The first kappa shape index (κ1) is 15.9. The number of aromatic nitrogens is 3. The number of nitrogens with zero attached hydrogens (tertiary/aromatic N) is 3. The summed E-state index contributed by atoms with van der Waals surface area (Å²) in [6.45, 7) is 7.12. The van der Waals surface area contributed by atoms with Crippen LogP contribution in [0.1, 0.15) is 40.0 Å². The van der Waals surface area contributed by atoms with E-state index in [-0.39, 0.29) is 22.3 Å². The van der Waals surface area contributed by atoms with Gasteiger partial charge in [-0.1, -0.05) is 51.5 Å². The van der Waals surface area contributed by atoms with Crippen LogP contribution in [-0.4, -0.2) is 13.9 Å². The lowest BCUT2D eigenvalue weighted by Gasteiger charge is -2.63. The van der Waals surface area contributed by atoms with Crippen LogP contribution in [-0.2, 0) is 12.1 Å². The highest BCUT2D eigenvalue weighted by Crippen LogP contribution is 2.67. The van der Waals surface area contributed by atoms with Gasteiger partial charge in [-0.3, -0.25) is 0 Å². The molecule has 1 aromatic heterocycles. The Morgan fingerprint density at radius 1 is 1.04 bits per heavy atom. The van der Waals surface area contributed by atoms with E-state index in [1.54, 1.807) is 4.68 Å². The molecule has 0 spiro atoms. The molecule has 2 aliphatic carbocycles. The molecule has 2 aromatic rings. The van der Waals surface area contributed by atoms with Crippen molar-refractivity contribution in [1.82, 2.24) is 13.9 Å². The molecule has 0 saturated heterocycles. The Labute approximate surface area is 152 Å². The second-order valence-corrected chi connectivity index (χ2v) is 8.95. The zero-order chi connectivity index (χ0) is 18.3. The number of para-hydroxylation sites is 1. The Bertz CT molecular complexity index is 1030. The molecule has 1 aliphatic heterocycles. The lowest BCUT2D eigenvalue weighted by Crippen LogP contribution is -2.68. The van der Waals surface area contributed by atoms with Gasteiger partial charge in [0.15, 0.2) is 0 Å². The molecule has 1 aromatic carbocycles. The molecule has 0 amide bonds. The normalized spacial score (nSPS) is 29.4. The average Bonchev–Trinajstić information content (AvgIpc) is 3.12. The molecular formula is C21H25N3O2. The first-order valence-corrected chi connectivity index (χ1v) is 9.60. The number of hydrogen-bond donors (Lipinski definition) is 0. The van der Waals surface area contributed by atoms with Crippen molar-refractivity contribution in [3.8, 4) is 5.69 Å². The second-order valence-electron chi connectivity index (χ2n) is 8.95. The van der Waals surface area contributed by atoms with Crippen LogP contribution in [0.5, 0.6) is 0 Å². The zero-order valence-electron chi connectivity index (χ0n) is 15.6. The third-order valence-electron chi connectivity index (χ3n) is 6.89. The lowest BCUT2D eigenvalue weighted by atomic mass is 9.47. The van der Waals surface area contributed by atoms with Crippen molar-refractivity contribution in [2.45, 2.75) is 52.1 Å². The van der Waals surface area contributed by atoms with Gasteiger partial charge in [0.25, 0.3) is 0 Å². The van der Waals surface area contributed by atoms with Crippen LogP contribution >= 0.6 is 0 Å². The molecule has 136 valence electrons. The Balaban J connectivity index is 1.83. The molecule has 5 heteroatoms. The quantitative estimate of drug-likeness (QED) is 0.742. The molecular weight excluding hydrogens is 326 g/mol. The Kier molecular flexibility index (Phi) is 3.00. The van der Waals surface area contributed by atoms with E-state index in [9.17, 15) is 9.59 Å². The molecule has 2 fully saturated rings. The van der Waals surface area contributed by atoms with E-state index in [2.05, 4.69) is 26.8 Å². The number of benzene rings is 1. The summed E-state index contributed by atoms with van der Waals surface area (Å²) in [5.74, 6) is 1.04. The van der Waals surface area contributed by atoms with Crippen molar-refractivity contribution in [3.63, 3.8) is 0 Å². The Morgan fingerprint density at radius 3 is 2.46 bits per heavy atom. The zero-order valence-corrected chi connectivity index (χ0v) is 15.6.